The average Bonchev–Trinajstić information content (AvgIpc) is 2.04. The van der Waals surface area contributed by atoms with Crippen molar-refractivity contribution in [1.82, 2.24) is 0 Å². The maximum absolute atomic E-state index is 12.0. The van der Waals surface area contributed by atoms with Crippen molar-refractivity contribution in [3.8, 4) is 0 Å². The van der Waals surface area contributed by atoms with Crippen LogP contribution >= 0.6 is 0 Å². The smallest absolute Gasteiger partial charge is 0.278 e. The minimum atomic E-state index is -2.92. The highest BCUT2D eigenvalue weighted by atomic mass is 19.3. The van der Waals surface area contributed by atoms with Crippen molar-refractivity contribution >= 4 is 0 Å². The van der Waals surface area contributed by atoms with E-state index in [1.165, 1.54) is 6.08 Å². The molecule has 0 saturated heterocycles. The Morgan fingerprint density at radius 1 is 1.25 bits per heavy atom. The lowest BCUT2D eigenvalue weighted by atomic mass is 10.1. The lowest BCUT2D eigenvalue weighted by Gasteiger charge is -2.20. The molecule has 0 fully saturated rings. The van der Waals surface area contributed by atoms with E-state index in [2.05, 4.69) is 4.74 Å². The number of hydrogen-bond acceptors (Lipinski definition) is 1. The Balaban J connectivity index is 2.77. The molecule has 1 aliphatic rings. The number of hydrogen-bond donors (Lipinski definition) is 0. The molecule has 0 amide bonds. The Hall–Kier alpha value is -1.00. The minimum Gasteiger partial charge on any atom is -0.487 e. The molecule has 68 valence electrons. The molecule has 1 unspecified atom stereocenters. The molecule has 5 heteroatoms. The first-order valence-electron chi connectivity index (χ1n) is 3.21. The Bertz CT molecular complexity index is 209. The molecule has 1 atom stereocenters. The summed E-state index contributed by atoms with van der Waals surface area (Å²) in [5.74, 6) is 0. The molecule has 12 heavy (non-hydrogen) atoms. The quantitative estimate of drug-likeness (QED) is 0.595. The zero-order valence-electron chi connectivity index (χ0n) is 5.88. The number of rotatable bonds is 2. The second kappa shape index (κ2) is 3.60. The molecule has 1 rings (SSSR count). The summed E-state index contributed by atoms with van der Waals surface area (Å²) < 4.78 is 52.4. The lowest BCUT2D eigenvalue weighted by Crippen LogP contribution is -2.27. The average molecular weight is 182 g/mol. The summed E-state index contributed by atoms with van der Waals surface area (Å²) in [6, 6.07) is 0. The van der Waals surface area contributed by atoms with Crippen molar-refractivity contribution in [3.63, 3.8) is 0 Å². The molecule has 0 radical (unpaired) electrons. The Morgan fingerprint density at radius 2 is 1.92 bits per heavy atom. The Labute approximate surface area is 66.3 Å². The van der Waals surface area contributed by atoms with E-state index >= 15 is 0 Å². The third-order valence-electron chi connectivity index (χ3n) is 1.40. The molecular formula is C7H6F4O. The predicted molar refractivity (Wildman–Crippen MR) is 34.1 cm³/mol. The highest BCUT2D eigenvalue weighted by Gasteiger charge is 2.31. The Morgan fingerprint density at radius 3 is 2.33 bits per heavy atom. The molecule has 0 aromatic carbocycles. The van der Waals surface area contributed by atoms with Gasteiger partial charge in [-0.3, -0.25) is 0 Å². The summed E-state index contributed by atoms with van der Waals surface area (Å²) in [4.78, 5) is 0. The van der Waals surface area contributed by atoms with Crippen LogP contribution in [-0.4, -0.2) is 19.0 Å². The van der Waals surface area contributed by atoms with Gasteiger partial charge in [0.05, 0.1) is 6.26 Å². The second-order valence-corrected chi connectivity index (χ2v) is 2.19. The summed E-state index contributed by atoms with van der Waals surface area (Å²) in [6.45, 7) is 0. The number of ether oxygens (including phenoxy) is 1. The summed E-state index contributed by atoms with van der Waals surface area (Å²) >= 11 is 0. The fourth-order valence-electron chi connectivity index (χ4n) is 0.856. The first-order valence-corrected chi connectivity index (χ1v) is 3.21. The van der Waals surface area contributed by atoms with Gasteiger partial charge in [0, 0.05) is 5.57 Å². The monoisotopic (exact) mass is 182 g/mol. The number of alkyl halides is 4. The van der Waals surface area contributed by atoms with E-state index < -0.39 is 24.5 Å². The second-order valence-electron chi connectivity index (χ2n) is 2.19. The van der Waals surface area contributed by atoms with Crippen LogP contribution in [0.15, 0.2) is 24.0 Å². The molecule has 0 aliphatic carbocycles. The summed E-state index contributed by atoms with van der Waals surface area (Å²) in [7, 11) is 0. The van der Waals surface area contributed by atoms with Crippen LogP contribution in [0.3, 0.4) is 0 Å². The van der Waals surface area contributed by atoms with Crippen molar-refractivity contribution in [2.45, 2.75) is 19.0 Å². The highest BCUT2D eigenvalue weighted by Crippen LogP contribution is 2.24. The van der Waals surface area contributed by atoms with Crippen molar-refractivity contribution in [3.05, 3.63) is 24.0 Å². The molecule has 1 aliphatic heterocycles. The molecule has 1 heterocycles. The van der Waals surface area contributed by atoms with Gasteiger partial charge in [0.2, 0.25) is 0 Å². The first kappa shape index (κ1) is 9.09. The highest BCUT2D eigenvalue weighted by molar-refractivity contribution is 5.22. The van der Waals surface area contributed by atoms with Crippen molar-refractivity contribution in [2.24, 2.45) is 0 Å². The molecule has 0 N–H and O–H groups in total. The fourth-order valence-corrected chi connectivity index (χ4v) is 0.856. The van der Waals surface area contributed by atoms with Crippen LogP contribution in [0.4, 0.5) is 17.6 Å². The van der Waals surface area contributed by atoms with Gasteiger partial charge in [-0.15, -0.1) is 0 Å². The van der Waals surface area contributed by atoms with Crippen LogP contribution in [-0.2, 0) is 4.74 Å². The summed E-state index contributed by atoms with van der Waals surface area (Å²) in [5, 5.41) is 0. The van der Waals surface area contributed by atoms with E-state index in [1.54, 1.807) is 0 Å². The van der Waals surface area contributed by atoms with Crippen molar-refractivity contribution in [2.75, 3.05) is 0 Å². The first-order chi connectivity index (χ1) is 5.63. The van der Waals surface area contributed by atoms with Crippen molar-refractivity contribution < 1.29 is 22.3 Å². The van der Waals surface area contributed by atoms with E-state index in [4.69, 9.17) is 0 Å². The molecule has 0 bridgehead atoms. The molecule has 0 saturated carbocycles. The largest absolute Gasteiger partial charge is 0.487 e. The third kappa shape index (κ3) is 1.78. The van der Waals surface area contributed by atoms with Gasteiger partial charge in [-0.05, 0) is 6.08 Å². The Kier molecular flexibility index (Phi) is 2.73. The number of allylic oxidation sites excluding steroid dienone is 2. The van der Waals surface area contributed by atoms with Crippen LogP contribution in [0, 0.1) is 0 Å². The number of halogens is 4. The van der Waals surface area contributed by atoms with Crippen LogP contribution in [0.1, 0.15) is 0 Å². The van der Waals surface area contributed by atoms with E-state index in [9.17, 15) is 17.6 Å². The summed E-state index contributed by atoms with van der Waals surface area (Å²) in [6.07, 6.45) is -4.52. The third-order valence-corrected chi connectivity index (χ3v) is 1.40. The van der Waals surface area contributed by atoms with Gasteiger partial charge in [-0.2, -0.15) is 0 Å². The van der Waals surface area contributed by atoms with E-state index in [1.807, 2.05) is 0 Å². The van der Waals surface area contributed by atoms with Gasteiger partial charge >= 0.3 is 0 Å². The fraction of sp³-hybridized carbons (Fsp3) is 0.429. The summed E-state index contributed by atoms with van der Waals surface area (Å²) in [5.41, 5.74) is -0.674. The van der Waals surface area contributed by atoms with Gasteiger partial charge in [0.1, 0.15) is 0 Å². The molecule has 1 nitrogen and oxygen atoms in total. The van der Waals surface area contributed by atoms with Crippen LogP contribution < -0.4 is 0 Å². The molecule has 0 aromatic heterocycles. The molecular weight excluding hydrogens is 176 g/mol. The van der Waals surface area contributed by atoms with E-state index in [0.717, 1.165) is 12.3 Å². The maximum atomic E-state index is 12.0. The van der Waals surface area contributed by atoms with E-state index in [0.29, 0.717) is 0 Å². The zero-order chi connectivity index (χ0) is 9.14. The topological polar surface area (TPSA) is 9.23 Å². The molecule has 0 spiro atoms. The van der Waals surface area contributed by atoms with Gasteiger partial charge in [0.25, 0.3) is 12.9 Å². The van der Waals surface area contributed by atoms with Gasteiger partial charge in [0.15, 0.2) is 6.10 Å². The zero-order valence-corrected chi connectivity index (χ0v) is 5.88. The van der Waals surface area contributed by atoms with Gasteiger partial charge < -0.3 is 4.74 Å². The van der Waals surface area contributed by atoms with Gasteiger partial charge in [-0.25, -0.2) is 17.6 Å². The van der Waals surface area contributed by atoms with Crippen molar-refractivity contribution in [1.29, 1.82) is 0 Å². The van der Waals surface area contributed by atoms with E-state index in [-0.39, 0.29) is 0 Å². The normalized spacial score (nSPS) is 22.8. The standard InChI is InChI=1S/C7H6F4O/c8-6(9)4-2-1-3-12-5(4)7(10)11/h1-3,5-7H. The van der Waals surface area contributed by atoms with Crippen LogP contribution in [0.25, 0.3) is 0 Å². The van der Waals surface area contributed by atoms with Crippen LogP contribution in [0.2, 0.25) is 0 Å². The SMILES string of the molecule is FC(F)C1=CC=COC1C(F)F. The maximum Gasteiger partial charge on any atom is 0.278 e. The van der Waals surface area contributed by atoms with Crippen LogP contribution in [0.5, 0.6) is 0 Å². The lowest BCUT2D eigenvalue weighted by molar-refractivity contribution is -0.0104. The van der Waals surface area contributed by atoms with Gasteiger partial charge in [-0.1, -0.05) is 6.08 Å². The minimum absolute atomic E-state index is 0.674. The molecule has 0 aromatic rings. The predicted octanol–water partition coefficient (Wildman–Crippen LogP) is 2.36.